The van der Waals surface area contributed by atoms with Crippen molar-refractivity contribution in [2.24, 2.45) is 10.9 Å². The first-order chi connectivity index (χ1) is 5.75. The van der Waals surface area contributed by atoms with Crippen LogP contribution >= 0.6 is 0 Å². The van der Waals surface area contributed by atoms with Gasteiger partial charge in [-0.2, -0.15) is 0 Å². The van der Waals surface area contributed by atoms with E-state index in [2.05, 4.69) is 11.1 Å². The van der Waals surface area contributed by atoms with Crippen molar-refractivity contribution in [2.45, 2.75) is 12.6 Å². The molecule has 1 saturated heterocycles. The minimum absolute atomic E-state index is 0.109. The molecular weight excluding hydrogens is 154 g/mol. The fraction of sp³-hybridized carbons (Fsp3) is 0.625. The molecule has 0 spiro atoms. The molecular formula is C8H13N3O. The maximum atomic E-state index is 5.77. The van der Waals surface area contributed by atoms with Crippen molar-refractivity contribution in [3.63, 3.8) is 0 Å². The van der Waals surface area contributed by atoms with Gasteiger partial charge in [-0.25, -0.2) is 0 Å². The van der Waals surface area contributed by atoms with Crippen molar-refractivity contribution in [2.75, 3.05) is 20.2 Å². The van der Waals surface area contributed by atoms with Gasteiger partial charge in [-0.05, 0) is 7.05 Å². The van der Waals surface area contributed by atoms with Crippen LogP contribution in [0, 0.1) is 12.3 Å². The molecule has 0 saturated carbocycles. The number of nitrogens with two attached hydrogens (primary N) is 1. The van der Waals surface area contributed by atoms with Crippen LogP contribution in [-0.4, -0.2) is 37.0 Å². The smallest absolute Gasteiger partial charge is 0.177 e. The molecule has 4 heteroatoms. The molecule has 0 radical (unpaired) electrons. The summed E-state index contributed by atoms with van der Waals surface area (Å²) in [5.74, 6) is 2.33. The van der Waals surface area contributed by atoms with Crippen LogP contribution < -0.4 is 5.73 Å². The maximum absolute atomic E-state index is 5.77. The predicted molar refractivity (Wildman–Crippen MR) is 47.4 cm³/mol. The highest BCUT2D eigenvalue weighted by atomic mass is 16.6. The fourth-order valence-electron chi connectivity index (χ4n) is 1.08. The van der Waals surface area contributed by atoms with E-state index in [1.807, 2.05) is 11.9 Å². The molecule has 0 bridgehead atoms. The van der Waals surface area contributed by atoms with Crippen LogP contribution in [0.15, 0.2) is 5.16 Å². The summed E-state index contributed by atoms with van der Waals surface area (Å²) >= 11 is 0. The second-order valence-corrected chi connectivity index (χ2v) is 2.74. The topological polar surface area (TPSA) is 50.8 Å². The maximum Gasteiger partial charge on any atom is 0.177 e. The van der Waals surface area contributed by atoms with E-state index in [1.165, 1.54) is 0 Å². The van der Waals surface area contributed by atoms with Gasteiger partial charge in [-0.3, -0.25) is 4.90 Å². The van der Waals surface area contributed by atoms with Crippen molar-refractivity contribution in [3.05, 3.63) is 0 Å². The molecule has 0 aromatic carbocycles. The highest BCUT2D eigenvalue weighted by Crippen LogP contribution is 2.07. The van der Waals surface area contributed by atoms with Gasteiger partial charge in [0.1, 0.15) is 6.17 Å². The third kappa shape index (κ3) is 1.97. The first-order valence-corrected chi connectivity index (χ1v) is 3.83. The van der Waals surface area contributed by atoms with Crippen molar-refractivity contribution >= 4 is 5.71 Å². The Morgan fingerprint density at radius 3 is 3.17 bits per heavy atom. The second-order valence-electron chi connectivity index (χ2n) is 2.74. The second kappa shape index (κ2) is 4.10. The Kier molecular flexibility index (Phi) is 3.09. The van der Waals surface area contributed by atoms with Crippen molar-refractivity contribution in [3.8, 4) is 12.3 Å². The number of rotatable bonds is 2. The molecule has 0 aromatic heterocycles. The van der Waals surface area contributed by atoms with E-state index in [1.54, 1.807) is 0 Å². The molecule has 1 rings (SSSR count). The number of hydrogen-bond donors (Lipinski definition) is 1. The summed E-state index contributed by atoms with van der Waals surface area (Å²) in [4.78, 5) is 6.84. The van der Waals surface area contributed by atoms with Crippen LogP contribution in [0.25, 0.3) is 0 Å². The number of nitrogens with zero attached hydrogens (tertiary/aromatic N) is 2. The van der Waals surface area contributed by atoms with E-state index in [0.29, 0.717) is 0 Å². The van der Waals surface area contributed by atoms with Gasteiger partial charge in [-0.15, -0.1) is 6.42 Å². The lowest BCUT2D eigenvalue weighted by molar-refractivity contribution is 0.177. The van der Waals surface area contributed by atoms with Crippen molar-refractivity contribution < 1.29 is 4.84 Å². The first-order valence-electron chi connectivity index (χ1n) is 3.83. The average Bonchev–Trinajstić information content (AvgIpc) is 2.36. The molecule has 1 heterocycles. The summed E-state index contributed by atoms with van der Waals surface area (Å²) in [7, 11) is 1.95. The van der Waals surface area contributed by atoms with E-state index in [0.717, 1.165) is 18.7 Å². The number of terminal acetylenes is 1. The average molecular weight is 167 g/mol. The zero-order valence-electron chi connectivity index (χ0n) is 7.16. The molecule has 1 atom stereocenters. The molecule has 4 nitrogen and oxygen atoms in total. The Balaban J connectivity index is 2.43. The summed E-state index contributed by atoms with van der Waals surface area (Å²) in [6, 6.07) is 0. The highest BCUT2D eigenvalue weighted by molar-refractivity contribution is 5.90. The Morgan fingerprint density at radius 2 is 2.67 bits per heavy atom. The third-order valence-corrected chi connectivity index (χ3v) is 1.87. The summed E-state index contributed by atoms with van der Waals surface area (Å²) in [5, 5.41) is 3.85. The Labute approximate surface area is 72.3 Å². The van der Waals surface area contributed by atoms with Crippen LogP contribution in [0.2, 0.25) is 0 Å². The number of oxime groups is 1. The van der Waals surface area contributed by atoms with Gasteiger partial charge in [0.25, 0.3) is 0 Å². The van der Waals surface area contributed by atoms with Crippen LogP contribution in [0.5, 0.6) is 0 Å². The van der Waals surface area contributed by atoms with E-state index in [9.17, 15) is 0 Å². The van der Waals surface area contributed by atoms with Crippen molar-refractivity contribution in [1.29, 1.82) is 0 Å². The quantitative estimate of drug-likeness (QED) is 0.346. The highest BCUT2D eigenvalue weighted by Gasteiger charge is 2.24. The molecule has 12 heavy (non-hydrogen) atoms. The number of hydrogen-bond acceptors (Lipinski definition) is 4. The lowest BCUT2D eigenvalue weighted by atomic mass is 10.3. The SMILES string of the molecule is C#CCON=C1CCN(C)C1N. The lowest BCUT2D eigenvalue weighted by Crippen LogP contribution is -2.38. The summed E-state index contributed by atoms with van der Waals surface area (Å²) in [6.07, 6.45) is 5.74. The summed E-state index contributed by atoms with van der Waals surface area (Å²) in [5.41, 5.74) is 6.64. The summed E-state index contributed by atoms with van der Waals surface area (Å²) in [6.45, 7) is 1.14. The molecule has 1 aliphatic rings. The molecule has 1 fully saturated rings. The van der Waals surface area contributed by atoms with Gasteiger partial charge in [0.2, 0.25) is 0 Å². The molecule has 0 aromatic rings. The third-order valence-electron chi connectivity index (χ3n) is 1.87. The fourth-order valence-corrected chi connectivity index (χ4v) is 1.08. The van der Waals surface area contributed by atoms with Gasteiger partial charge in [0.05, 0.1) is 5.71 Å². The minimum atomic E-state index is -0.109. The van der Waals surface area contributed by atoms with Gasteiger partial charge < -0.3 is 10.6 Å². The van der Waals surface area contributed by atoms with E-state index < -0.39 is 0 Å². The zero-order chi connectivity index (χ0) is 8.97. The van der Waals surface area contributed by atoms with E-state index >= 15 is 0 Å². The molecule has 1 unspecified atom stereocenters. The molecule has 1 aliphatic heterocycles. The normalized spacial score (nSPS) is 27.4. The standard InChI is InChI=1S/C8H13N3O/c1-3-6-12-10-7-4-5-11(2)8(7)9/h1,8H,4-6,9H2,2H3. The Bertz CT molecular complexity index is 219. The van der Waals surface area contributed by atoms with Crippen LogP contribution in [-0.2, 0) is 4.84 Å². The van der Waals surface area contributed by atoms with Gasteiger partial charge in [-0.1, -0.05) is 11.1 Å². The van der Waals surface area contributed by atoms with Crippen molar-refractivity contribution in [1.82, 2.24) is 4.90 Å². The predicted octanol–water partition coefficient (Wildman–Crippen LogP) is -0.387. The zero-order valence-corrected chi connectivity index (χ0v) is 7.16. The van der Waals surface area contributed by atoms with E-state index in [4.69, 9.17) is 17.0 Å². The minimum Gasteiger partial charge on any atom is -0.383 e. The van der Waals surface area contributed by atoms with Crippen LogP contribution in [0.4, 0.5) is 0 Å². The Morgan fingerprint density at radius 1 is 1.92 bits per heavy atom. The summed E-state index contributed by atoms with van der Waals surface area (Å²) < 4.78 is 0. The molecule has 0 amide bonds. The Hall–Kier alpha value is -1.05. The van der Waals surface area contributed by atoms with Crippen LogP contribution in [0.3, 0.4) is 0 Å². The lowest BCUT2D eigenvalue weighted by Gasteiger charge is -2.12. The van der Waals surface area contributed by atoms with E-state index in [-0.39, 0.29) is 12.8 Å². The first kappa shape index (κ1) is 9.04. The van der Waals surface area contributed by atoms with Gasteiger partial charge in [0, 0.05) is 13.0 Å². The molecule has 66 valence electrons. The van der Waals surface area contributed by atoms with Crippen LogP contribution in [0.1, 0.15) is 6.42 Å². The monoisotopic (exact) mass is 167 g/mol. The van der Waals surface area contributed by atoms with Gasteiger partial charge in [0.15, 0.2) is 6.61 Å². The van der Waals surface area contributed by atoms with Gasteiger partial charge >= 0.3 is 0 Å². The number of likely N-dealkylation sites (tertiary alicyclic amines) is 1. The largest absolute Gasteiger partial charge is 0.383 e. The molecule has 0 aliphatic carbocycles. The molecule has 2 N–H and O–H groups in total.